The summed E-state index contributed by atoms with van der Waals surface area (Å²) in [7, 11) is 10.3. The first kappa shape index (κ1) is 6.05. The summed E-state index contributed by atoms with van der Waals surface area (Å²) >= 11 is 0. The topological polar surface area (TPSA) is 24.1 Å². The molecule has 0 aromatic heterocycles. The molecule has 0 atom stereocenters. The third-order valence-corrected chi connectivity index (χ3v) is 1.60. The lowest BCUT2D eigenvalue weighted by Crippen LogP contribution is -2.35. The predicted octanol–water partition coefficient (Wildman–Crippen LogP) is 0.0354. The maximum atomic E-state index is 5.21. The van der Waals surface area contributed by atoms with E-state index in [4.69, 9.17) is 14.1 Å². The lowest BCUT2D eigenvalue weighted by molar-refractivity contribution is 0.548. The zero-order chi connectivity index (χ0) is 6.04. The summed E-state index contributed by atoms with van der Waals surface area (Å²) in [4.78, 5) is 0. The lowest BCUT2D eigenvalue weighted by Gasteiger charge is -2.10. The Labute approximate surface area is 50.7 Å². The van der Waals surface area contributed by atoms with Crippen LogP contribution in [-0.4, -0.2) is 12.1 Å². The number of hydrogen-bond donors (Lipinski definition) is 2. The molecule has 0 aliphatic heterocycles. The van der Waals surface area contributed by atoms with Crippen LogP contribution in [0.2, 0.25) is 0 Å². The third kappa shape index (κ3) is 1.01. The molecule has 44 valence electrons. The van der Waals surface area contributed by atoms with Crippen molar-refractivity contribution in [2.75, 3.05) is 6.54 Å². The van der Waals surface area contributed by atoms with Crippen LogP contribution in [0.15, 0.2) is 0 Å². The van der Waals surface area contributed by atoms with Crippen LogP contribution >= 0.6 is 0 Å². The van der Waals surface area contributed by atoms with E-state index in [-0.39, 0.29) is 5.54 Å². The molecule has 1 aliphatic rings. The maximum Gasteiger partial charge on any atom is 0.0412 e. The Morgan fingerprint density at radius 1 is 1.38 bits per heavy atom. The molecule has 0 aromatic rings. The molecule has 0 bridgehead atoms. The van der Waals surface area contributed by atoms with Crippen molar-refractivity contribution in [3.05, 3.63) is 14.1 Å². The van der Waals surface area contributed by atoms with Gasteiger partial charge in [0.2, 0.25) is 0 Å². The molecule has 2 N–H and O–H groups in total. The van der Waals surface area contributed by atoms with E-state index in [0.29, 0.717) is 0 Å². The molecular weight excluding hydrogens is 100 g/mol. The van der Waals surface area contributed by atoms with Crippen molar-refractivity contribution in [2.45, 2.75) is 18.4 Å². The van der Waals surface area contributed by atoms with E-state index in [1.165, 1.54) is 0 Å². The Kier molecular flexibility index (Phi) is 1.54. The van der Waals surface area contributed by atoms with Gasteiger partial charge >= 0.3 is 0 Å². The highest BCUT2D eigenvalue weighted by Crippen LogP contribution is 2.33. The van der Waals surface area contributed by atoms with Crippen molar-refractivity contribution < 1.29 is 0 Å². The van der Waals surface area contributed by atoms with Crippen LogP contribution < -0.4 is 10.6 Å². The van der Waals surface area contributed by atoms with E-state index in [1.54, 1.807) is 0 Å². The SMILES string of the molecule is [CH]NCC1(N[CH])CC1. The Morgan fingerprint density at radius 2 is 2.00 bits per heavy atom. The second kappa shape index (κ2) is 2.03. The minimum Gasteiger partial charge on any atom is -0.309 e. The third-order valence-electron chi connectivity index (χ3n) is 1.60. The van der Waals surface area contributed by atoms with Crippen molar-refractivity contribution in [3.63, 3.8) is 0 Å². The van der Waals surface area contributed by atoms with Gasteiger partial charge in [0.25, 0.3) is 0 Å². The molecule has 1 saturated carbocycles. The largest absolute Gasteiger partial charge is 0.309 e. The van der Waals surface area contributed by atoms with Gasteiger partial charge in [-0.25, -0.2) is 0 Å². The fraction of sp³-hybridized carbons (Fsp3) is 0.667. The van der Waals surface area contributed by atoms with E-state index in [9.17, 15) is 0 Å². The van der Waals surface area contributed by atoms with E-state index in [1.807, 2.05) is 0 Å². The summed E-state index contributed by atoms with van der Waals surface area (Å²) < 4.78 is 0. The Hall–Kier alpha value is -0.0800. The highest BCUT2D eigenvalue weighted by molar-refractivity contribution is 5.03. The van der Waals surface area contributed by atoms with E-state index in [2.05, 4.69) is 10.6 Å². The molecule has 1 aliphatic carbocycles. The predicted molar refractivity (Wildman–Crippen MR) is 31.7 cm³/mol. The van der Waals surface area contributed by atoms with Gasteiger partial charge in [0, 0.05) is 26.2 Å². The van der Waals surface area contributed by atoms with Gasteiger partial charge in [-0.3, -0.25) is 0 Å². The molecule has 0 unspecified atom stereocenters. The molecule has 0 amide bonds. The molecule has 4 radical (unpaired) electrons. The van der Waals surface area contributed by atoms with Crippen molar-refractivity contribution >= 4 is 0 Å². The molecule has 0 aromatic carbocycles. The average molecular weight is 110 g/mol. The first-order valence-electron chi connectivity index (χ1n) is 2.74. The van der Waals surface area contributed by atoms with E-state index < -0.39 is 0 Å². The minimum absolute atomic E-state index is 0.134. The van der Waals surface area contributed by atoms with Crippen LogP contribution in [0.3, 0.4) is 0 Å². The summed E-state index contributed by atoms with van der Waals surface area (Å²) in [6, 6.07) is 0. The van der Waals surface area contributed by atoms with Crippen molar-refractivity contribution in [1.29, 1.82) is 0 Å². The number of nitrogens with one attached hydrogen (secondary N) is 2. The smallest absolute Gasteiger partial charge is 0.0412 e. The molecule has 0 saturated heterocycles. The van der Waals surface area contributed by atoms with Crippen molar-refractivity contribution in [2.24, 2.45) is 0 Å². The zero-order valence-electron chi connectivity index (χ0n) is 4.78. The molecular formula is C6H10N2. The normalized spacial score (nSPS) is 23.2. The van der Waals surface area contributed by atoms with Gasteiger partial charge in [-0.2, -0.15) is 0 Å². The fourth-order valence-electron chi connectivity index (χ4n) is 0.718. The van der Waals surface area contributed by atoms with Crippen LogP contribution in [0.1, 0.15) is 12.8 Å². The van der Waals surface area contributed by atoms with Gasteiger partial charge in [-0.05, 0) is 12.8 Å². The fourth-order valence-corrected chi connectivity index (χ4v) is 0.718. The van der Waals surface area contributed by atoms with Crippen LogP contribution in [0.4, 0.5) is 0 Å². The first-order chi connectivity index (χ1) is 3.83. The monoisotopic (exact) mass is 110 g/mol. The molecule has 0 heterocycles. The lowest BCUT2D eigenvalue weighted by atomic mass is 10.3. The van der Waals surface area contributed by atoms with Gasteiger partial charge in [-0.1, -0.05) is 0 Å². The summed E-state index contributed by atoms with van der Waals surface area (Å²) in [5, 5.41) is 5.29. The standard InChI is InChI=1S/C6H10N2/c1-7-5-6(8-2)3-4-6/h1-2,7-8H,3-5H2. The molecule has 1 fully saturated rings. The summed E-state index contributed by atoms with van der Waals surface area (Å²) in [5.74, 6) is 0. The summed E-state index contributed by atoms with van der Waals surface area (Å²) in [6.45, 7) is 0.767. The summed E-state index contributed by atoms with van der Waals surface area (Å²) in [6.07, 6.45) is 2.27. The maximum absolute atomic E-state index is 5.21. The van der Waals surface area contributed by atoms with Gasteiger partial charge < -0.3 is 10.6 Å². The van der Waals surface area contributed by atoms with Crippen LogP contribution in [0.5, 0.6) is 0 Å². The average Bonchev–Trinajstić information content (AvgIpc) is 2.50. The van der Waals surface area contributed by atoms with Gasteiger partial charge in [0.15, 0.2) is 0 Å². The van der Waals surface area contributed by atoms with Crippen molar-refractivity contribution in [1.82, 2.24) is 10.6 Å². The molecule has 8 heavy (non-hydrogen) atoms. The Balaban J connectivity index is 2.20. The second-order valence-corrected chi connectivity index (χ2v) is 2.31. The minimum atomic E-state index is 0.134. The van der Waals surface area contributed by atoms with Crippen LogP contribution in [0.25, 0.3) is 0 Å². The molecule has 2 nitrogen and oxygen atoms in total. The van der Waals surface area contributed by atoms with Gasteiger partial charge in [-0.15, -0.1) is 0 Å². The Morgan fingerprint density at radius 3 is 2.12 bits per heavy atom. The summed E-state index contributed by atoms with van der Waals surface area (Å²) in [5.41, 5.74) is 0.134. The molecule has 0 spiro atoms. The quantitative estimate of drug-likeness (QED) is 0.501. The highest BCUT2D eigenvalue weighted by atomic mass is 15.0. The van der Waals surface area contributed by atoms with E-state index in [0.717, 1.165) is 19.4 Å². The van der Waals surface area contributed by atoms with Crippen LogP contribution in [-0.2, 0) is 0 Å². The molecule has 2 heteroatoms. The zero-order valence-corrected chi connectivity index (χ0v) is 4.78. The number of rotatable bonds is 3. The second-order valence-electron chi connectivity index (χ2n) is 2.31. The van der Waals surface area contributed by atoms with Gasteiger partial charge in [0.05, 0.1) is 0 Å². The molecule has 1 rings (SSSR count). The van der Waals surface area contributed by atoms with Crippen LogP contribution in [0, 0.1) is 14.1 Å². The first-order valence-corrected chi connectivity index (χ1v) is 2.74. The highest BCUT2D eigenvalue weighted by Gasteiger charge is 2.39. The Bertz CT molecular complexity index is 76.6. The van der Waals surface area contributed by atoms with E-state index >= 15 is 0 Å². The van der Waals surface area contributed by atoms with Gasteiger partial charge in [0.1, 0.15) is 0 Å². The number of hydrogen-bond acceptors (Lipinski definition) is 2. The van der Waals surface area contributed by atoms with Crippen molar-refractivity contribution in [3.8, 4) is 0 Å².